The highest BCUT2D eigenvalue weighted by molar-refractivity contribution is 7.10. The lowest BCUT2D eigenvalue weighted by Gasteiger charge is -2.33. The minimum absolute atomic E-state index is 0.0284. The van der Waals surface area contributed by atoms with Gasteiger partial charge in [-0.1, -0.05) is 0 Å². The van der Waals surface area contributed by atoms with Crippen LogP contribution < -0.4 is 5.73 Å². The van der Waals surface area contributed by atoms with E-state index in [1.54, 1.807) is 23.6 Å². The number of amides is 1. The van der Waals surface area contributed by atoms with Crippen LogP contribution in [0.2, 0.25) is 0 Å². The molecule has 1 aliphatic heterocycles. The number of carbonyl (C=O) groups excluding carboxylic acids is 1. The van der Waals surface area contributed by atoms with Crippen molar-refractivity contribution in [2.24, 2.45) is 0 Å². The number of thiophene rings is 1. The van der Waals surface area contributed by atoms with Crippen LogP contribution in [0.1, 0.15) is 39.5 Å². The Morgan fingerprint density at radius 1 is 1.55 bits per heavy atom. The van der Waals surface area contributed by atoms with Gasteiger partial charge in [-0.2, -0.15) is 0 Å². The molecule has 0 aromatic carbocycles. The Bertz CT molecular complexity index is 665. The van der Waals surface area contributed by atoms with Crippen molar-refractivity contribution in [1.29, 1.82) is 0 Å². The lowest BCUT2D eigenvalue weighted by atomic mass is 10.0. The second kappa shape index (κ2) is 4.90. The van der Waals surface area contributed by atoms with Crippen molar-refractivity contribution in [3.63, 3.8) is 0 Å². The summed E-state index contributed by atoms with van der Waals surface area (Å²) in [6.07, 6.45) is 2.51. The third-order valence-corrected chi connectivity index (χ3v) is 4.84. The molecule has 4 nitrogen and oxygen atoms in total. The summed E-state index contributed by atoms with van der Waals surface area (Å²) in [5.41, 5.74) is 9.05. The van der Waals surface area contributed by atoms with Crippen LogP contribution in [-0.2, 0) is 6.42 Å². The average Bonchev–Trinajstić information content (AvgIpc) is 2.87. The topological polar surface area (TPSA) is 59.2 Å². The van der Waals surface area contributed by atoms with Gasteiger partial charge in [-0.05, 0) is 43.3 Å². The molecule has 1 atom stereocenters. The number of rotatable bonds is 1. The van der Waals surface area contributed by atoms with E-state index in [1.165, 1.54) is 10.4 Å². The molecule has 3 heterocycles. The Kier molecular flexibility index (Phi) is 3.22. The zero-order valence-electron chi connectivity index (χ0n) is 11.6. The summed E-state index contributed by atoms with van der Waals surface area (Å²) in [5.74, 6) is -0.0284. The van der Waals surface area contributed by atoms with Crippen molar-refractivity contribution in [2.75, 3.05) is 12.3 Å². The summed E-state index contributed by atoms with van der Waals surface area (Å²) >= 11 is 1.77. The molecule has 2 aromatic heterocycles. The van der Waals surface area contributed by atoms with Crippen LogP contribution in [0.5, 0.6) is 0 Å². The Balaban J connectivity index is 1.92. The summed E-state index contributed by atoms with van der Waals surface area (Å²) in [4.78, 5) is 20.1. The van der Waals surface area contributed by atoms with Gasteiger partial charge in [0.25, 0.3) is 5.91 Å². The van der Waals surface area contributed by atoms with Gasteiger partial charge in [0.2, 0.25) is 0 Å². The summed E-state index contributed by atoms with van der Waals surface area (Å²) in [7, 11) is 0. The van der Waals surface area contributed by atoms with Crippen molar-refractivity contribution < 1.29 is 4.79 Å². The molecule has 2 aromatic rings. The molecule has 104 valence electrons. The van der Waals surface area contributed by atoms with Gasteiger partial charge in [0.1, 0.15) is 0 Å². The maximum Gasteiger partial charge on any atom is 0.258 e. The number of aromatic nitrogens is 1. The number of hydrogen-bond donors (Lipinski definition) is 1. The first kappa shape index (κ1) is 13.1. The number of pyridine rings is 1. The predicted octanol–water partition coefficient (Wildman–Crippen LogP) is 2.79. The minimum Gasteiger partial charge on any atom is -0.398 e. The standard InChI is InChI=1S/C15H17N3OS/c1-9-7-13(16)12(8-17-9)15(19)18-5-3-14-11(10(18)2)4-6-20-14/h4,6-8,10H,3,5H2,1-2H3,(H2,16,17). The molecule has 5 heteroatoms. The molecule has 1 aliphatic rings. The number of anilines is 1. The number of hydrogen-bond acceptors (Lipinski definition) is 4. The molecule has 0 aliphatic carbocycles. The van der Waals surface area contributed by atoms with Crippen LogP contribution in [0.25, 0.3) is 0 Å². The Morgan fingerprint density at radius 2 is 2.35 bits per heavy atom. The highest BCUT2D eigenvalue weighted by atomic mass is 32.1. The van der Waals surface area contributed by atoms with Crippen molar-refractivity contribution in [3.05, 3.63) is 45.4 Å². The van der Waals surface area contributed by atoms with Gasteiger partial charge in [0.05, 0.1) is 11.6 Å². The number of nitrogens with zero attached hydrogens (tertiary/aromatic N) is 2. The summed E-state index contributed by atoms with van der Waals surface area (Å²) in [6, 6.07) is 3.96. The fourth-order valence-electron chi connectivity index (χ4n) is 2.70. The van der Waals surface area contributed by atoms with Crippen LogP contribution in [0.4, 0.5) is 5.69 Å². The molecule has 1 amide bonds. The van der Waals surface area contributed by atoms with Gasteiger partial charge < -0.3 is 10.6 Å². The molecule has 2 N–H and O–H groups in total. The Morgan fingerprint density at radius 3 is 3.10 bits per heavy atom. The molecule has 3 rings (SSSR count). The van der Waals surface area contributed by atoms with Crippen molar-refractivity contribution in [2.45, 2.75) is 26.3 Å². The van der Waals surface area contributed by atoms with Gasteiger partial charge in [0.15, 0.2) is 0 Å². The maximum atomic E-state index is 12.7. The second-order valence-corrected chi connectivity index (χ2v) is 6.14. The lowest BCUT2D eigenvalue weighted by molar-refractivity contribution is 0.0680. The van der Waals surface area contributed by atoms with Gasteiger partial charge >= 0.3 is 0 Å². The normalized spacial score (nSPS) is 17.9. The number of nitrogens with two attached hydrogens (primary N) is 1. The van der Waals surface area contributed by atoms with E-state index in [0.717, 1.165) is 18.7 Å². The molecular formula is C15H17N3OS. The van der Waals surface area contributed by atoms with Crippen LogP contribution in [0, 0.1) is 6.92 Å². The van der Waals surface area contributed by atoms with Crippen LogP contribution in [-0.4, -0.2) is 22.3 Å². The summed E-state index contributed by atoms with van der Waals surface area (Å²) < 4.78 is 0. The zero-order valence-corrected chi connectivity index (χ0v) is 12.4. The monoisotopic (exact) mass is 287 g/mol. The maximum absolute atomic E-state index is 12.7. The Hall–Kier alpha value is -1.88. The fraction of sp³-hybridized carbons (Fsp3) is 0.333. The van der Waals surface area contributed by atoms with Gasteiger partial charge in [0, 0.05) is 29.0 Å². The molecule has 0 radical (unpaired) electrons. The fourth-order valence-corrected chi connectivity index (χ4v) is 3.66. The molecule has 0 bridgehead atoms. The van der Waals surface area contributed by atoms with Gasteiger partial charge in [-0.25, -0.2) is 0 Å². The van der Waals surface area contributed by atoms with E-state index in [9.17, 15) is 4.79 Å². The zero-order chi connectivity index (χ0) is 14.3. The molecular weight excluding hydrogens is 270 g/mol. The first-order chi connectivity index (χ1) is 9.58. The predicted molar refractivity (Wildman–Crippen MR) is 80.9 cm³/mol. The molecule has 20 heavy (non-hydrogen) atoms. The highest BCUT2D eigenvalue weighted by Crippen LogP contribution is 2.34. The summed E-state index contributed by atoms with van der Waals surface area (Å²) in [5, 5.41) is 2.09. The van der Waals surface area contributed by atoms with Gasteiger partial charge in [-0.15, -0.1) is 11.3 Å². The number of carbonyl (C=O) groups is 1. The van der Waals surface area contributed by atoms with E-state index in [-0.39, 0.29) is 11.9 Å². The third-order valence-electron chi connectivity index (χ3n) is 3.84. The number of fused-ring (bicyclic) bond motifs is 1. The molecule has 1 unspecified atom stereocenters. The summed E-state index contributed by atoms with van der Waals surface area (Å²) in [6.45, 7) is 4.67. The van der Waals surface area contributed by atoms with E-state index in [0.29, 0.717) is 11.3 Å². The smallest absolute Gasteiger partial charge is 0.258 e. The van der Waals surface area contributed by atoms with Crippen molar-refractivity contribution in [1.82, 2.24) is 9.88 Å². The molecule has 0 fully saturated rings. The van der Waals surface area contributed by atoms with E-state index < -0.39 is 0 Å². The molecule has 0 saturated carbocycles. The van der Waals surface area contributed by atoms with Crippen molar-refractivity contribution >= 4 is 22.9 Å². The van der Waals surface area contributed by atoms with Crippen LogP contribution >= 0.6 is 11.3 Å². The van der Waals surface area contributed by atoms with Gasteiger partial charge in [-0.3, -0.25) is 9.78 Å². The highest BCUT2D eigenvalue weighted by Gasteiger charge is 2.29. The number of nitrogen functional groups attached to an aromatic ring is 1. The quantitative estimate of drug-likeness (QED) is 0.877. The molecule has 0 spiro atoms. The van der Waals surface area contributed by atoms with E-state index in [4.69, 9.17) is 5.73 Å². The van der Waals surface area contributed by atoms with Crippen molar-refractivity contribution in [3.8, 4) is 0 Å². The lowest BCUT2D eigenvalue weighted by Crippen LogP contribution is -2.38. The third kappa shape index (κ3) is 2.08. The SMILES string of the molecule is Cc1cc(N)c(C(=O)N2CCc3sccc3C2C)cn1. The largest absolute Gasteiger partial charge is 0.398 e. The van der Waals surface area contributed by atoms with Crippen LogP contribution in [0.15, 0.2) is 23.7 Å². The molecule has 0 saturated heterocycles. The van der Waals surface area contributed by atoms with Crippen LogP contribution in [0.3, 0.4) is 0 Å². The second-order valence-electron chi connectivity index (χ2n) is 5.14. The Labute approximate surface area is 122 Å². The van der Waals surface area contributed by atoms with E-state index in [1.807, 2.05) is 11.8 Å². The van der Waals surface area contributed by atoms with E-state index >= 15 is 0 Å². The first-order valence-electron chi connectivity index (χ1n) is 6.67. The average molecular weight is 287 g/mol. The minimum atomic E-state index is -0.0284. The first-order valence-corrected chi connectivity index (χ1v) is 7.55. The number of aryl methyl sites for hydroxylation is 1. The van der Waals surface area contributed by atoms with E-state index in [2.05, 4.69) is 23.4 Å².